The first kappa shape index (κ1) is 13.1. The zero-order valence-electron chi connectivity index (χ0n) is 11.5. The molecule has 106 valence electrons. The number of anilines is 1. The van der Waals surface area contributed by atoms with E-state index >= 15 is 0 Å². The fourth-order valence-electron chi connectivity index (χ4n) is 2.49. The third-order valence-corrected chi connectivity index (χ3v) is 3.54. The van der Waals surface area contributed by atoms with Crippen LogP contribution in [0.3, 0.4) is 0 Å². The van der Waals surface area contributed by atoms with E-state index in [0.717, 1.165) is 24.7 Å². The monoisotopic (exact) mass is 277 g/mol. The van der Waals surface area contributed by atoms with E-state index < -0.39 is 11.6 Å². The van der Waals surface area contributed by atoms with Crippen LogP contribution in [0.2, 0.25) is 0 Å². The number of hydrogen-bond acceptors (Lipinski definition) is 2. The zero-order chi connectivity index (χ0) is 14.4. The fraction of sp³-hybridized carbons (Fsp3) is 0.400. The first-order valence-electron chi connectivity index (χ1n) is 6.81. The van der Waals surface area contributed by atoms with Gasteiger partial charge in [-0.3, -0.25) is 0 Å². The summed E-state index contributed by atoms with van der Waals surface area (Å²) in [6.45, 7) is 4.08. The Morgan fingerprint density at radius 1 is 1.20 bits per heavy atom. The number of rotatable bonds is 3. The lowest BCUT2D eigenvalue weighted by Gasteiger charge is -2.10. The van der Waals surface area contributed by atoms with Crippen LogP contribution >= 0.6 is 0 Å². The van der Waals surface area contributed by atoms with Crippen LogP contribution in [0.5, 0.6) is 0 Å². The normalized spacial score (nSPS) is 15.1. The predicted octanol–water partition coefficient (Wildman–Crippen LogP) is 3.87. The second-order valence-electron chi connectivity index (χ2n) is 5.62. The van der Waals surface area contributed by atoms with Gasteiger partial charge in [0.1, 0.15) is 29.0 Å². The Bertz CT molecular complexity index is 637. The molecule has 1 aromatic carbocycles. The topological polar surface area (TPSA) is 43.8 Å². The molecule has 0 spiro atoms. The molecule has 0 atom stereocenters. The molecule has 2 N–H and O–H groups in total. The van der Waals surface area contributed by atoms with Crippen LogP contribution in [-0.4, -0.2) is 9.55 Å². The fourth-order valence-corrected chi connectivity index (χ4v) is 2.49. The van der Waals surface area contributed by atoms with E-state index in [9.17, 15) is 8.78 Å². The first-order chi connectivity index (χ1) is 9.47. The van der Waals surface area contributed by atoms with Gasteiger partial charge in [0.15, 0.2) is 0 Å². The van der Waals surface area contributed by atoms with Gasteiger partial charge in [-0.25, -0.2) is 13.8 Å². The quantitative estimate of drug-likeness (QED) is 0.925. The van der Waals surface area contributed by atoms with Gasteiger partial charge in [0.25, 0.3) is 0 Å². The van der Waals surface area contributed by atoms with Crippen LogP contribution in [0, 0.1) is 11.6 Å². The molecule has 0 amide bonds. The maximum Gasteiger partial charge on any atom is 0.132 e. The van der Waals surface area contributed by atoms with E-state index in [1.165, 1.54) is 12.1 Å². The minimum Gasteiger partial charge on any atom is -0.383 e. The number of imidazole rings is 1. The highest BCUT2D eigenvalue weighted by molar-refractivity contribution is 5.71. The van der Waals surface area contributed by atoms with E-state index in [-0.39, 0.29) is 5.92 Å². The van der Waals surface area contributed by atoms with E-state index in [1.54, 1.807) is 0 Å². The summed E-state index contributed by atoms with van der Waals surface area (Å²) in [7, 11) is 0. The second-order valence-corrected chi connectivity index (χ2v) is 5.62. The summed E-state index contributed by atoms with van der Waals surface area (Å²) >= 11 is 0. The second kappa shape index (κ2) is 4.58. The average Bonchev–Trinajstić information content (AvgIpc) is 3.11. The Morgan fingerprint density at radius 2 is 1.80 bits per heavy atom. The Balaban J connectivity index is 2.16. The molecular formula is C15H17F2N3. The lowest BCUT2D eigenvalue weighted by molar-refractivity contribution is 0.584. The standard InChI is InChI=1S/C15H17F2N3/c1-8(2)15-19-13(14(18)20(15)12-3-4-12)9-5-10(16)7-11(17)6-9/h5-8,12H,3-4,18H2,1-2H3. The van der Waals surface area contributed by atoms with Gasteiger partial charge in [-0.2, -0.15) is 0 Å². The summed E-state index contributed by atoms with van der Waals surface area (Å²) in [5.74, 6) is 0.355. The minimum atomic E-state index is -0.619. The van der Waals surface area contributed by atoms with E-state index in [0.29, 0.717) is 23.1 Å². The third-order valence-electron chi connectivity index (χ3n) is 3.54. The maximum atomic E-state index is 13.4. The molecule has 20 heavy (non-hydrogen) atoms. The maximum absolute atomic E-state index is 13.4. The Labute approximate surface area is 116 Å². The molecule has 1 aliphatic rings. The highest BCUT2D eigenvalue weighted by atomic mass is 19.1. The summed E-state index contributed by atoms with van der Waals surface area (Å²) < 4.78 is 28.8. The Kier molecular flexibility index (Phi) is 3.00. The van der Waals surface area contributed by atoms with Crippen molar-refractivity contribution in [2.75, 3.05) is 5.73 Å². The number of nitrogens with zero attached hydrogens (tertiary/aromatic N) is 2. The number of hydrogen-bond donors (Lipinski definition) is 1. The lowest BCUT2D eigenvalue weighted by atomic mass is 10.1. The molecule has 2 aromatic rings. The van der Waals surface area contributed by atoms with Gasteiger partial charge < -0.3 is 10.3 Å². The first-order valence-corrected chi connectivity index (χ1v) is 6.81. The minimum absolute atomic E-state index is 0.213. The van der Waals surface area contributed by atoms with Crippen molar-refractivity contribution < 1.29 is 8.78 Å². The summed E-state index contributed by atoms with van der Waals surface area (Å²) in [5.41, 5.74) is 7.03. The molecule has 1 aromatic heterocycles. The molecule has 0 unspecified atom stereocenters. The summed E-state index contributed by atoms with van der Waals surface area (Å²) in [5, 5.41) is 0. The summed E-state index contributed by atoms with van der Waals surface area (Å²) in [4.78, 5) is 4.53. The smallest absolute Gasteiger partial charge is 0.132 e. The van der Waals surface area contributed by atoms with Crippen molar-refractivity contribution in [1.82, 2.24) is 9.55 Å². The van der Waals surface area contributed by atoms with Gasteiger partial charge >= 0.3 is 0 Å². The highest BCUT2D eigenvalue weighted by Gasteiger charge is 2.31. The van der Waals surface area contributed by atoms with Crippen LogP contribution in [0.1, 0.15) is 44.5 Å². The van der Waals surface area contributed by atoms with Crippen molar-refractivity contribution >= 4 is 5.82 Å². The van der Waals surface area contributed by atoms with Gasteiger partial charge in [0, 0.05) is 23.6 Å². The molecule has 1 fully saturated rings. The van der Waals surface area contributed by atoms with Crippen molar-refractivity contribution in [3.8, 4) is 11.3 Å². The highest BCUT2D eigenvalue weighted by Crippen LogP contribution is 2.42. The molecule has 0 aliphatic heterocycles. The van der Waals surface area contributed by atoms with Gasteiger partial charge in [0.2, 0.25) is 0 Å². The molecule has 0 bridgehead atoms. The Morgan fingerprint density at radius 3 is 2.30 bits per heavy atom. The zero-order valence-corrected chi connectivity index (χ0v) is 11.5. The molecule has 0 saturated heterocycles. The van der Waals surface area contributed by atoms with Gasteiger partial charge in [-0.05, 0) is 25.0 Å². The molecule has 0 radical (unpaired) electrons. The number of aromatic nitrogens is 2. The van der Waals surface area contributed by atoms with Crippen molar-refractivity contribution in [1.29, 1.82) is 0 Å². The van der Waals surface area contributed by atoms with Crippen molar-refractivity contribution in [3.63, 3.8) is 0 Å². The number of nitrogens with two attached hydrogens (primary N) is 1. The van der Waals surface area contributed by atoms with Crippen molar-refractivity contribution in [2.24, 2.45) is 0 Å². The number of halogens is 2. The van der Waals surface area contributed by atoms with Gasteiger partial charge in [-0.15, -0.1) is 0 Å². The summed E-state index contributed by atoms with van der Waals surface area (Å²) in [6, 6.07) is 3.76. The summed E-state index contributed by atoms with van der Waals surface area (Å²) in [6.07, 6.45) is 2.16. The van der Waals surface area contributed by atoms with E-state index in [4.69, 9.17) is 5.73 Å². The SMILES string of the molecule is CC(C)c1nc(-c2cc(F)cc(F)c2)c(N)n1C1CC1. The van der Waals surface area contributed by atoms with Gasteiger partial charge in [-0.1, -0.05) is 13.8 Å². The van der Waals surface area contributed by atoms with Crippen LogP contribution in [0.25, 0.3) is 11.3 Å². The van der Waals surface area contributed by atoms with Crippen LogP contribution < -0.4 is 5.73 Å². The molecule has 5 heteroatoms. The van der Waals surface area contributed by atoms with Crippen LogP contribution in [0.4, 0.5) is 14.6 Å². The molecule has 3 nitrogen and oxygen atoms in total. The molecule has 3 rings (SSSR count). The molecule has 1 saturated carbocycles. The van der Waals surface area contributed by atoms with E-state index in [2.05, 4.69) is 4.98 Å². The van der Waals surface area contributed by atoms with Crippen molar-refractivity contribution in [3.05, 3.63) is 35.7 Å². The Hall–Kier alpha value is -1.91. The molecule has 1 aliphatic carbocycles. The largest absolute Gasteiger partial charge is 0.383 e. The number of benzene rings is 1. The van der Waals surface area contributed by atoms with Crippen molar-refractivity contribution in [2.45, 2.75) is 38.6 Å². The molecular weight excluding hydrogens is 260 g/mol. The number of nitrogen functional groups attached to an aromatic ring is 1. The lowest BCUT2D eigenvalue weighted by Crippen LogP contribution is -2.06. The average molecular weight is 277 g/mol. The predicted molar refractivity (Wildman–Crippen MR) is 74.4 cm³/mol. The van der Waals surface area contributed by atoms with Crippen LogP contribution in [0.15, 0.2) is 18.2 Å². The molecule has 1 heterocycles. The van der Waals surface area contributed by atoms with Crippen LogP contribution in [-0.2, 0) is 0 Å². The third kappa shape index (κ3) is 2.17. The van der Waals surface area contributed by atoms with E-state index in [1.807, 2.05) is 18.4 Å². The van der Waals surface area contributed by atoms with Gasteiger partial charge in [0.05, 0.1) is 0 Å².